The number of hydrogen-bond donors (Lipinski definition) is 1. The van der Waals surface area contributed by atoms with Crippen molar-refractivity contribution in [2.45, 2.75) is 45.3 Å². The summed E-state index contributed by atoms with van der Waals surface area (Å²) >= 11 is 0. The average Bonchev–Trinajstić information content (AvgIpc) is 3.25. The highest BCUT2D eigenvalue weighted by Crippen LogP contribution is 2.25. The highest BCUT2D eigenvalue weighted by molar-refractivity contribution is 5.90. The van der Waals surface area contributed by atoms with Crippen LogP contribution in [0.15, 0.2) is 36.7 Å². The highest BCUT2D eigenvalue weighted by atomic mass is 16.5. The minimum atomic E-state index is -0.419. The average molecular weight is 370 g/mol. The van der Waals surface area contributed by atoms with Gasteiger partial charge < -0.3 is 19.5 Å². The Hall–Kier alpha value is -2.83. The molecule has 1 fully saturated rings. The van der Waals surface area contributed by atoms with Gasteiger partial charge >= 0.3 is 0 Å². The van der Waals surface area contributed by atoms with E-state index in [1.807, 2.05) is 37.4 Å². The van der Waals surface area contributed by atoms with Crippen LogP contribution in [0.5, 0.6) is 5.75 Å². The fraction of sp³-hybridized carbons (Fsp3) is 0.450. The van der Waals surface area contributed by atoms with Gasteiger partial charge in [0.15, 0.2) is 0 Å². The van der Waals surface area contributed by atoms with Gasteiger partial charge in [-0.1, -0.05) is 18.2 Å². The number of aromatic nitrogens is 2. The van der Waals surface area contributed by atoms with E-state index in [2.05, 4.69) is 14.9 Å². The van der Waals surface area contributed by atoms with E-state index < -0.39 is 6.04 Å². The summed E-state index contributed by atoms with van der Waals surface area (Å²) in [6.07, 6.45) is 5.48. The Bertz CT molecular complexity index is 802. The van der Waals surface area contributed by atoms with Crippen LogP contribution in [0.3, 0.4) is 0 Å². The SMILES string of the molecule is COc1ccccc1CN1C(=O)CC[C@H]1C(=O)NCCCn1ccnc1C. The molecule has 3 rings (SSSR count). The first-order valence-corrected chi connectivity index (χ1v) is 9.27. The fourth-order valence-electron chi connectivity index (χ4n) is 3.44. The van der Waals surface area contributed by atoms with Crippen molar-refractivity contribution >= 4 is 11.8 Å². The summed E-state index contributed by atoms with van der Waals surface area (Å²) in [6, 6.07) is 7.17. The van der Waals surface area contributed by atoms with Crippen molar-refractivity contribution in [3.05, 3.63) is 48.0 Å². The van der Waals surface area contributed by atoms with E-state index in [4.69, 9.17) is 4.74 Å². The lowest BCUT2D eigenvalue weighted by Gasteiger charge is -2.25. The molecular weight excluding hydrogens is 344 g/mol. The first-order valence-electron chi connectivity index (χ1n) is 9.27. The van der Waals surface area contributed by atoms with E-state index in [0.717, 1.165) is 30.1 Å². The number of rotatable bonds is 8. The lowest BCUT2D eigenvalue weighted by molar-refractivity contribution is -0.135. The molecule has 2 heterocycles. The Morgan fingerprint density at radius 3 is 2.93 bits per heavy atom. The standard InChI is InChI=1S/C20H26N4O3/c1-15-21-11-13-23(15)12-5-10-22-20(26)17-8-9-19(25)24(17)14-16-6-3-4-7-18(16)27-2/h3-4,6-7,11,13,17H,5,8-10,12,14H2,1-2H3,(H,22,26)/t17-/m0/s1. The van der Waals surface area contributed by atoms with Gasteiger partial charge in [-0.25, -0.2) is 4.98 Å². The number of aryl methyl sites for hydroxylation is 2. The summed E-state index contributed by atoms with van der Waals surface area (Å²) in [5, 5.41) is 2.97. The van der Waals surface area contributed by atoms with E-state index in [0.29, 0.717) is 25.9 Å². The third-order valence-corrected chi connectivity index (χ3v) is 4.96. The zero-order valence-corrected chi connectivity index (χ0v) is 15.9. The molecule has 1 aliphatic heterocycles. The first kappa shape index (κ1) is 18.9. The van der Waals surface area contributed by atoms with Crippen LogP contribution in [0.1, 0.15) is 30.7 Å². The molecule has 0 unspecified atom stereocenters. The molecule has 0 saturated carbocycles. The van der Waals surface area contributed by atoms with Crippen LogP contribution in [-0.2, 0) is 22.7 Å². The molecule has 7 nitrogen and oxygen atoms in total. The van der Waals surface area contributed by atoms with Crippen molar-refractivity contribution in [3.63, 3.8) is 0 Å². The van der Waals surface area contributed by atoms with E-state index in [1.165, 1.54) is 0 Å². The molecule has 2 amide bonds. The molecule has 0 aliphatic carbocycles. The van der Waals surface area contributed by atoms with Gasteiger partial charge in [0.25, 0.3) is 0 Å². The zero-order chi connectivity index (χ0) is 19.2. The molecule has 1 atom stereocenters. The minimum absolute atomic E-state index is 0.00935. The summed E-state index contributed by atoms with van der Waals surface area (Å²) in [5.74, 6) is 1.62. The number of hydrogen-bond acceptors (Lipinski definition) is 4. The normalized spacial score (nSPS) is 16.6. The van der Waals surface area contributed by atoms with Crippen molar-refractivity contribution in [2.24, 2.45) is 0 Å². The molecule has 144 valence electrons. The number of carbonyl (C=O) groups excluding carboxylic acids is 2. The lowest BCUT2D eigenvalue weighted by Crippen LogP contribution is -2.44. The maximum absolute atomic E-state index is 12.6. The number of nitrogens with zero attached hydrogens (tertiary/aromatic N) is 3. The van der Waals surface area contributed by atoms with Gasteiger partial charge in [0.1, 0.15) is 17.6 Å². The zero-order valence-electron chi connectivity index (χ0n) is 15.9. The number of carbonyl (C=O) groups is 2. The molecule has 0 bridgehead atoms. The van der Waals surface area contributed by atoms with E-state index >= 15 is 0 Å². The molecule has 2 aromatic rings. The maximum Gasteiger partial charge on any atom is 0.242 e. The number of imidazole rings is 1. The van der Waals surface area contributed by atoms with Gasteiger partial charge in [-0.2, -0.15) is 0 Å². The Morgan fingerprint density at radius 2 is 2.19 bits per heavy atom. The molecule has 27 heavy (non-hydrogen) atoms. The van der Waals surface area contributed by atoms with Gasteiger partial charge in [0.2, 0.25) is 11.8 Å². The number of para-hydroxylation sites is 1. The maximum atomic E-state index is 12.6. The van der Waals surface area contributed by atoms with E-state index in [1.54, 1.807) is 18.2 Å². The molecule has 1 saturated heterocycles. The van der Waals surface area contributed by atoms with Crippen LogP contribution in [0, 0.1) is 6.92 Å². The number of benzene rings is 1. The summed E-state index contributed by atoms with van der Waals surface area (Å²) in [4.78, 5) is 30.8. The topological polar surface area (TPSA) is 76.5 Å². The van der Waals surface area contributed by atoms with Crippen molar-refractivity contribution in [1.29, 1.82) is 0 Å². The van der Waals surface area contributed by atoms with Gasteiger partial charge in [0.05, 0.1) is 13.7 Å². The second kappa shape index (κ2) is 8.70. The van der Waals surface area contributed by atoms with Crippen molar-refractivity contribution in [3.8, 4) is 5.75 Å². The predicted molar refractivity (Wildman–Crippen MR) is 101 cm³/mol. The molecule has 0 spiro atoms. The van der Waals surface area contributed by atoms with Gasteiger partial charge in [-0.15, -0.1) is 0 Å². The molecule has 1 aromatic carbocycles. The number of nitrogens with one attached hydrogen (secondary N) is 1. The van der Waals surface area contributed by atoms with Gasteiger partial charge in [-0.05, 0) is 25.8 Å². The molecular formula is C20H26N4O3. The van der Waals surface area contributed by atoms with Gasteiger partial charge in [-0.3, -0.25) is 9.59 Å². The van der Waals surface area contributed by atoms with Crippen LogP contribution in [0.4, 0.5) is 0 Å². The summed E-state index contributed by atoms with van der Waals surface area (Å²) in [7, 11) is 1.61. The Labute approximate surface area is 159 Å². The summed E-state index contributed by atoms with van der Waals surface area (Å²) in [6.45, 7) is 3.72. The second-order valence-electron chi connectivity index (χ2n) is 6.70. The Morgan fingerprint density at radius 1 is 1.37 bits per heavy atom. The third kappa shape index (κ3) is 4.48. The summed E-state index contributed by atoms with van der Waals surface area (Å²) < 4.78 is 7.42. The quantitative estimate of drug-likeness (QED) is 0.720. The molecule has 1 aliphatic rings. The summed E-state index contributed by atoms with van der Waals surface area (Å²) in [5.41, 5.74) is 0.906. The smallest absolute Gasteiger partial charge is 0.242 e. The predicted octanol–water partition coefficient (Wildman–Crippen LogP) is 1.90. The largest absolute Gasteiger partial charge is 0.496 e. The van der Waals surface area contributed by atoms with Crippen LogP contribution in [0.25, 0.3) is 0 Å². The number of methoxy groups -OCH3 is 1. The second-order valence-corrected chi connectivity index (χ2v) is 6.70. The van der Waals surface area contributed by atoms with Crippen LogP contribution >= 0.6 is 0 Å². The van der Waals surface area contributed by atoms with Crippen molar-refractivity contribution < 1.29 is 14.3 Å². The van der Waals surface area contributed by atoms with Crippen molar-refractivity contribution in [2.75, 3.05) is 13.7 Å². The molecule has 1 N–H and O–H groups in total. The monoisotopic (exact) mass is 370 g/mol. The Balaban J connectivity index is 1.55. The Kier molecular flexibility index (Phi) is 6.11. The van der Waals surface area contributed by atoms with E-state index in [-0.39, 0.29) is 11.8 Å². The van der Waals surface area contributed by atoms with Crippen molar-refractivity contribution in [1.82, 2.24) is 19.8 Å². The number of likely N-dealkylation sites (tertiary alicyclic amines) is 1. The fourth-order valence-corrected chi connectivity index (χ4v) is 3.44. The lowest BCUT2D eigenvalue weighted by atomic mass is 10.1. The van der Waals surface area contributed by atoms with Crippen LogP contribution < -0.4 is 10.1 Å². The number of amides is 2. The van der Waals surface area contributed by atoms with Crippen LogP contribution in [-0.4, -0.2) is 46.0 Å². The van der Waals surface area contributed by atoms with Gasteiger partial charge in [0, 0.05) is 37.5 Å². The molecule has 7 heteroatoms. The van der Waals surface area contributed by atoms with Crippen LogP contribution in [0.2, 0.25) is 0 Å². The van der Waals surface area contributed by atoms with E-state index in [9.17, 15) is 9.59 Å². The number of ether oxygens (including phenoxy) is 1. The third-order valence-electron chi connectivity index (χ3n) is 4.96. The highest BCUT2D eigenvalue weighted by Gasteiger charge is 2.36. The molecule has 1 aromatic heterocycles. The first-order chi connectivity index (χ1) is 13.1. The minimum Gasteiger partial charge on any atom is -0.496 e. The molecule has 0 radical (unpaired) electrons.